The van der Waals surface area contributed by atoms with Crippen molar-refractivity contribution < 1.29 is 33.3 Å². The number of halogens is 2. The second-order valence-corrected chi connectivity index (χ2v) is 6.84. The summed E-state index contributed by atoms with van der Waals surface area (Å²) in [5.41, 5.74) is -0.897. The van der Waals surface area contributed by atoms with Crippen LogP contribution in [0, 0.1) is 11.6 Å². The normalized spacial score (nSPS) is 13.9. The molecule has 0 fully saturated rings. The van der Waals surface area contributed by atoms with Gasteiger partial charge in [-0.05, 0) is 42.3 Å². The first kappa shape index (κ1) is 21.3. The van der Waals surface area contributed by atoms with Crippen LogP contribution < -0.4 is 9.47 Å². The molecule has 2 unspecified atom stereocenters. The van der Waals surface area contributed by atoms with E-state index in [0.717, 1.165) is 30.7 Å². The maximum atomic E-state index is 13.4. The van der Waals surface area contributed by atoms with Crippen molar-refractivity contribution in [3.63, 3.8) is 0 Å². The summed E-state index contributed by atoms with van der Waals surface area (Å²) < 4.78 is 37.6. The average Bonchev–Trinajstić information content (AvgIpc) is 2.75. The quantitative estimate of drug-likeness (QED) is 0.568. The molecule has 0 aliphatic heterocycles. The SMILES string of the molecule is CC(Oc1ccc(F)c(F)c1)(C(=O)O)C(O)c1ccc(OCc2ccccc2)cc1. The number of carboxylic acid groups (broad SMARTS) is 1. The molecule has 0 aliphatic carbocycles. The highest BCUT2D eigenvalue weighted by Gasteiger charge is 2.44. The molecule has 0 bridgehead atoms. The van der Waals surface area contributed by atoms with E-state index in [1.807, 2.05) is 30.3 Å². The second kappa shape index (κ2) is 8.92. The van der Waals surface area contributed by atoms with Gasteiger partial charge in [0.25, 0.3) is 0 Å². The van der Waals surface area contributed by atoms with Gasteiger partial charge in [-0.1, -0.05) is 42.5 Å². The van der Waals surface area contributed by atoms with Crippen molar-refractivity contribution in [1.29, 1.82) is 0 Å². The van der Waals surface area contributed by atoms with Gasteiger partial charge in [0.15, 0.2) is 11.6 Å². The Morgan fingerprint density at radius 1 is 0.967 bits per heavy atom. The number of carboxylic acids is 1. The van der Waals surface area contributed by atoms with Crippen molar-refractivity contribution >= 4 is 5.97 Å². The highest BCUT2D eigenvalue weighted by Crippen LogP contribution is 2.33. The van der Waals surface area contributed by atoms with E-state index in [9.17, 15) is 23.8 Å². The fraction of sp³-hybridized carbons (Fsp3) is 0.174. The highest BCUT2D eigenvalue weighted by atomic mass is 19.2. The third-order valence-electron chi connectivity index (χ3n) is 4.61. The van der Waals surface area contributed by atoms with Crippen LogP contribution in [0.4, 0.5) is 8.78 Å². The Morgan fingerprint density at radius 2 is 1.60 bits per heavy atom. The van der Waals surface area contributed by atoms with Gasteiger partial charge in [-0.2, -0.15) is 0 Å². The summed E-state index contributed by atoms with van der Waals surface area (Å²) in [6.45, 7) is 1.51. The van der Waals surface area contributed by atoms with Crippen molar-refractivity contribution in [2.24, 2.45) is 0 Å². The summed E-state index contributed by atoms with van der Waals surface area (Å²) in [4.78, 5) is 11.8. The van der Waals surface area contributed by atoms with Gasteiger partial charge in [0.05, 0.1) is 0 Å². The summed E-state index contributed by atoms with van der Waals surface area (Å²) in [6, 6.07) is 18.4. The number of carbonyl (C=O) groups is 1. The third-order valence-corrected chi connectivity index (χ3v) is 4.61. The first-order valence-electron chi connectivity index (χ1n) is 9.12. The minimum atomic E-state index is -2.14. The minimum Gasteiger partial charge on any atom is -0.489 e. The topological polar surface area (TPSA) is 76.0 Å². The molecule has 2 atom stereocenters. The number of aliphatic carboxylic acids is 1. The molecule has 0 saturated heterocycles. The minimum absolute atomic E-state index is 0.222. The lowest BCUT2D eigenvalue weighted by Crippen LogP contribution is -2.47. The predicted octanol–water partition coefficient (Wildman–Crippen LogP) is 4.50. The van der Waals surface area contributed by atoms with Crippen LogP contribution in [-0.4, -0.2) is 21.8 Å². The lowest BCUT2D eigenvalue weighted by Gasteiger charge is -2.31. The third kappa shape index (κ3) is 4.75. The number of benzene rings is 3. The molecule has 0 aromatic heterocycles. The van der Waals surface area contributed by atoms with Crippen LogP contribution >= 0.6 is 0 Å². The Balaban J connectivity index is 1.75. The summed E-state index contributed by atoms with van der Waals surface area (Å²) in [6.07, 6.45) is -1.59. The number of aliphatic hydroxyl groups is 1. The van der Waals surface area contributed by atoms with E-state index in [2.05, 4.69) is 0 Å². The zero-order valence-corrected chi connectivity index (χ0v) is 16.1. The summed E-state index contributed by atoms with van der Waals surface area (Å²) in [5.74, 6) is -3.43. The molecule has 5 nitrogen and oxygen atoms in total. The van der Waals surface area contributed by atoms with E-state index in [0.29, 0.717) is 12.4 Å². The largest absolute Gasteiger partial charge is 0.489 e. The van der Waals surface area contributed by atoms with Gasteiger partial charge >= 0.3 is 5.97 Å². The lowest BCUT2D eigenvalue weighted by molar-refractivity contribution is -0.164. The van der Waals surface area contributed by atoms with Crippen molar-refractivity contribution in [2.75, 3.05) is 0 Å². The van der Waals surface area contributed by atoms with Gasteiger partial charge in [-0.15, -0.1) is 0 Å². The Bertz CT molecular complexity index is 1010. The van der Waals surface area contributed by atoms with Gasteiger partial charge in [-0.3, -0.25) is 0 Å². The van der Waals surface area contributed by atoms with Crippen molar-refractivity contribution in [3.05, 3.63) is 95.6 Å². The van der Waals surface area contributed by atoms with E-state index in [1.54, 1.807) is 12.1 Å². The van der Waals surface area contributed by atoms with E-state index in [-0.39, 0.29) is 11.3 Å². The maximum Gasteiger partial charge on any atom is 0.350 e. The number of hydrogen-bond donors (Lipinski definition) is 2. The molecule has 30 heavy (non-hydrogen) atoms. The summed E-state index contributed by atoms with van der Waals surface area (Å²) in [7, 11) is 0. The zero-order valence-electron chi connectivity index (χ0n) is 16.1. The van der Waals surface area contributed by atoms with Crippen LogP contribution in [0.15, 0.2) is 72.8 Å². The lowest BCUT2D eigenvalue weighted by atomic mass is 9.92. The Kier molecular flexibility index (Phi) is 6.32. The second-order valence-electron chi connectivity index (χ2n) is 6.84. The summed E-state index contributed by atoms with van der Waals surface area (Å²) in [5, 5.41) is 20.3. The van der Waals surface area contributed by atoms with Crippen LogP contribution in [0.1, 0.15) is 24.2 Å². The van der Waals surface area contributed by atoms with Crippen molar-refractivity contribution in [1.82, 2.24) is 0 Å². The van der Waals surface area contributed by atoms with E-state index >= 15 is 0 Å². The standard InChI is InChI=1S/C23H20F2O5/c1-23(22(27)28,30-18-11-12-19(24)20(25)13-18)21(26)16-7-9-17(10-8-16)29-14-15-5-3-2-4-6-15/h2-13,21,26H,14H2,1H3,(H,27,28). The van der Waals surface area contributed by atoms with Gasteiger partial charge in [0, 0.05) is 6.07 Å². The number of aliphatic hydroxyl groups excluding tert-OH is 1. The van der Waals surface area contributed by atoms with Crippen molar-refractivity contribution in [2.45, 2.75) is 25.2 Å². The van der Waals surface area contributed by atoms with Crippen LogP contribution in [0.3, 0.4) is 0 Å². The maximum absolute atomic E-state index is 13.4. The molecule has 0 saturated carbocycles. The fourth-order valence-electron chi connectivity index (χ4n) is 2.81. The summed E-state index contributed by atoms with van der Waals surface area (Å²) >= 11 is 0. The van der Waals surface area contributed by atoms with E-state index in [1.165, 1.54) is 12.1 Å². The monoisotopic (exact) mass is 414 g/mol. The van der Waals surface area contributed by atoms with E-state index in [4.69, 9.17) is 9.47 Å². The first-order valence-corrected chi connectivity index (χ1v) is 9.12. The van der Waals surface area contributed by atoms with E-state index < -0.39 is 29.3 Å². The molecule has 0 aliphatic rings. The van der Waals surface area contributed by atoms with Gasteiger partial charge in [0.1, 0.15) is 24.2 Å². The van der Waals surface area contributed by atoms with Crippen LogP contribution in [0.2, 0.25) is 0 Å². The molecular weight excluding hydrogens is 394 g/mol. The predicted molar refractivity (Wildman–Crippen MR) is 105 cm³/mol. The Hall–Kier alpha value is -3.45. The highest BCUT2D eigenvalue weighted by molar-refractivity contribution is 5.78. The van der Waals surface area contributed by atoms with Crippen LogP contribution in [0.25, 0.3) is 0 Å². The smallest absolute Gasteiger partial charge is 0.350 e. The van der Waals surface area contributed by atoms with Gasteiger partial charge in [0.2, 0.25) is 5.60 Å². The fourth-order valence-corrected chi connectivity index (χ4v) is 2.81. The van der Waals surface area contributed by atoms with Gasteiger partial charge < -0.3 is 19.7 Å². The Morgan fingerprint density at radius 3 is 2.20 bits per heavy atom. The molecule has 3 rings (SSSR count). The molecule has 7 heteroatoms. The Labute approximate surface area is 172 Å². The molecule has 3 aromatic carbocycles. The first-order chi connectivity index (χ1) is 14.3. The van der Waals surface area contributed by atoms with Crippen LogP contribution in [-0.2, 0) is 11.4 Å². The molecule has 0 radical (unpaired) electrons. The molecule has 0 amide bonds. The molecular formula is C23H20F2O5. The molecule has 3 aromatic rings. The molecule has 2 N–H and O–H groups in total. The molecule has 156 valence electrons. The number of hydrogen-bond acceptors (Lipinski definition) is 4. The zero-order chi connectivity index (χ0) is 21.7. The average molecular weight is 414 g/mol. The number of ether oxygens (including phenoxy) is 2. The van der Waals surface area contributed by atoms with Crippen LogP contribution in [0.5, 0.6) is 11.5 Å². The molecule has 0 spiro atoms. The van der Waals surface area contributed by atoms with Gasteiger partial charge in [-0.25, -0.2) is 13.6 Å². The molecule has 0 heterocycles. The number of rotatable bonds is 8. The van der Waals surface area contributed by atoms with Crippen molar-refractivity contribution in [3.8, 4) is 11.5 Å².